The number of nitrogens with zero attached hydrogens (tertiary/aromatic N) is 1. The van der Waals surface area contributed by atoms with Crippen molar-refractivity contribution in [1.82, 2.24) is 0 Å². The standard InChI is InChI=1S/C16H15NO3/c17-11-13-5-7-15(8-6-13)19-9-10-20-16-4-2-1-3-14(16)12-18/h1-8,18H,9-10,12H2. The zero-order valence-corrected chi connectivity index (χ0v) is 11.0. The highest BCUT2D eigenvalue weighted by atomic mass is 16.5. The summed E-state index contributed by atoms with van der Waals surface area (Å²) in [7, 11) is 0. The summed E-state index contributed by atoms with van der Waals surface area (Å²) in [5.41, 5.74) is 1.36. The first-order valence-corrected chi connectivity index (χ1v) is 6.28. The van der Waals surface area contributed by atoms with E-state index in [0.717, 1.165) is 5.56 Å². The highest BCUT2D eigenvalue weighted by molar-refractivity contribution is 5.34. The van der Waals surface area contributed by atoms with Crippen LogP contribution in [-0.2, 0) is 6.61 Å². The van der Waals surface area contributed by atoms with Gasteiger partial charge in [-0.1, -0.05) is 18.2 Å². The van der Waals surface area contributed by atoms with Gasteiger partial charge in [0.25, 0.3) is 0 Å². The van der Waals surface area contributed by atoms with Crippen LogP contribution < -0.4 is 9.47 Å². The van der Waals surface area contributed by atoms with E-state index in [0.29, 0.717) is 30.3 Å². The molecule has 0 saturated carbocycles. The van der Waals surface area contributed by atoms with Crippen LogP contribution in [0.1, 0.15) is 11.1 Å². The van der Waals surface area contributed by atoms with Gasteiger partial charge in [0.15, 0.2) is 0 Å². The summed E-state index contributed by atoms with van der Waals surface area (Å²) < 4.78 is 11.1. The molecule has 0 aliphatic rings. The average Bonchev–Trinajstić information content (AvgIpc) is 2.52. The van der Waals surface area contributed by atoms with Gasteiger partial charge in [0.1, 0.15) is 24.7 Å². The van der Waals surface area contributed by atoms with Crippen LogP contribution in [0.5, 0.6) is 11.5 Å². The molecule has 0 unspecified atom stereocenters. The fourth-order valence-electron chi connectivity index (χ4n) is 1.71. The zero-order chi connectivity index (χ0) is 14.2. The Balaban J connectivity index is 1.80. The third-order valence-electron chi connectivity index (χ3n) is 2.74. The molecule has 20 heavy (non-hydrogen) atoms. The number of ether oxygens (including phenoxy) is 2. The van der Waals surface area contributed by atoms with Crippen LogP contribution in [0.4, 0.5) is 0 Å². The third kappa shape index (κ3) is 3.74. The van der Waals surface area contributed by atoms with E-state index in [9.17, 15) is 0 Å². The molecule has 0 aliphatic heterocycles. The maximum atomic E-state index is 9.16. The lowest BCUT2D eigenvalue weighted by atomic mass is 10.2. The predicted octanol–water partition coefficient (Wildman–Crippen LogP) is 2.51. The smallest absolute Gasteiger partial charge is 0.124 e. The van der Waals surface area contributed by atoms with E-state index in [1.807, 2.05) is 24.3 Å². The summed E-state index contributed by atoms with van der Waals surface area (Å²) in [5.74, 6) is 1.36. The minimum atomic E-state index is -0.0490. The summed E-state index contributed by atoms with van der Waals surface area (Å²) in [6.07, 6.45) is 0. The van der Waals surface area contributed by atoms with E-state index in [4.69, 9.17) is 19.8 Å². The van der Waals surface area contributed by atoms with Gasteiger partial charge in [-0.15, -0.1) is 0 Å². The number of nitriles is 1. The molecule has 2 rings (SSSR count). The lowest BCUT2D eigenvalue weighted by Gasteiger charge is -2.10. The largest absolute Gasteiger partial charge is 0.490 e. The van der Waals surface area contributed by atoms with E-state index >= 15 is 0 Å². The Morgan fingerprint density at radius 1 is 0.950 bits per heavy atom. The number of rotatable bonds is 6. The highest BCUT2D eigenvalue weighted by Crippen LogP contribution is 2.17. The molecule has 2 aromatic carbocycles. The Morgan fingerprint density at radius 2 is 1.65 bits per heavy atom. The number of hydrogen-bond acceptors (Lipinski definition) is 4. The molecular formula is C16H15NO3. The average molecular weight is 269 g/mol. The Morgan fingerprint density at radius 3 is 2.35 bits per heavy atom. The van der Waals surface area contributed by atoms with Gasteiger partial charge in [0.05, 0.1) is 18.2 Å². The molecule has 2 aromatic rings. The second-order valence-electron chi connectivity index (χ2n) is 4.10. The van der Waals surface area contributed by atoms with Gasteiger partial charge in [0.2, 0.25) is 0 Å². The molecule has 4 nitrogen and oxygen atoms in total. The molecule has 0 heterocycles. The molecule has 1 N–H and O–H groups in total. The zero-order valence-electron chi connectivity index (χ0n) is 11.0. The topological polar surface area (TPSA) is 62.5 Å². The molecule has 0 radical (unpaired) electrons. The summed E-state index contributed by atoms with van der Waals surface area (Å²) in [6, 6.07) is 16.3. The van der Waals surface area contributed by atoms with E-state index < -0.39 is 0 Å². The maximum absolute atomic E-state index is 9.16. The van der Waals surface area contributed by atoms with Gasteiger partial charge >= 0.3 is 0 Å². The minimum absolute atomic E-state index is 0.0490. The van der Waals surface area contributed by atoms with Crippen LogP contribution in [0.2, 0.25) is 0 Å². The molecule has 0 bridgehead atoms. The van der Waals surface area contributed by atoms with E-state index in [2.05, 4.69) is 6.07 Å². The highest BCUT2D eigenvalue weighted by Gasteiger charge is 2.01. The number of para-hydroxylation sites is 1. The molecule has 0 aromatic heterocycles. The van der Waals surface area contributed by atoms with Crippen molar-refractivity contribution < 1.29 is 14.6 Å². The van der Waals surface area contributed by atoms with Crippen molar-refractivity contribution in [3.63, 3.8) is 0 Å². The van der Waals surface area contributed by atoms with Crippen molar-refractivity contribution in [3.8, 4) is 17.6 Å². The van der Waals surface area contributed by atoms with Gasteiger partial charge < -0.3 is 14.6 Å². The molecule has 4 heteroatoms. The van der Waals surface area contributed by atoms with Crippen molar-refractivity contribution in [1.29, 1.82) is 5.26 Å². The SMILES string of the molecule is N#Cc1ccc(OCCOc2ccccc2CO)cc1. The van der Waals surface area contributed by atoms with E-state index in [-0.39, 0.29) is 6.61 Å². The fourth-order valence-corrected chi connectivity index (χ4v) is 1.71. The van der Waals surface area contributed by atoms with Crippen molar-refractivity contribution in [2.45, 2.75) is 6.61 Å². The van der Waals surface area contributed by atoms with Gasteiger partial charge in [-0.2, -0.15) is 5.26 Å². The number of aliphatic hydroxyl groups excluding tert-OH is 1. The van der Waals surface area contributed by atoms with Crippen molar-refractivity contribution in [2.75, 3.05) is 13.2 Å². The van der Waals surface area contributed by atoms with Gasteiger partial charge in [-0.25, -0.2) is 0 Å². The molecule has 0 fully saturated rings. The first kappa shape index (κ1) is 13.9. The Labute approximate surface area is 117 Å². The molecule has 0 amide bonds. The summed E-state index contributed by atoms with van der Waals surface area (Å²) in [6.45, 7) is 0.731. The second-order valence-corrected chi connectivity index (χ2v) is 4.10. The quantitative estimate of drug-likeness (QED) is 0.818. The van der Waals surface area contributed by atoms with Crippen molar-refractivity contribution in [2.24, 2.45) is 0 Å². The van der Waals surface area contributed by atoms with Crippen LogP contribution in [0.25, 0.3) is 0 Å². The Hall–Kier alpha value is -2.51. The minimum Gasteiger partial charge on any atom is -0.490 e. The van der Waals surface area contributed by atoms with Crippen LogP contribution in [0.3, 0.4) is 0 Å². The first-order valence-electron chi connectivity index (χ1n) is 6.28. The number of benzene rings is 2. The van der Waals surface area contributed by atoms with Crippen LogP contribution in [0, 0.1) is 11.3 Å². The summed E-state index contributed by atoms with van der Waals surface area (Å²) >= 11 is 0. The summed E-state index contributed by atoms with van der Waals surface area (Å²) in [4.78, 5) is 0. The van der Waals surface area contributed by atoms with Crippen molar-refractivity contribution >= 4 is 0 Å². The summed E-state index contributed by atoms with van der Waals surface area (Å²) in [5, 5.41) is 17.9. The molecular weight excluding hydrogens is 254 g/mol. The number of hydrogen-bond donors (Lipinski definition) is 1. The molecule has 102 valence electrons. The van der Waals surface area contributed by atoms with Crippen LogP contribution in [0.15, 0.2) is 48.5 Å². The molecule has 0 saturated heterocycles. The normalized spacial score (nSPS) is 9.80. The van der Waals surface area contributed by atoms with Gasteiger partial charge in [-0.05, 0) is 30.3 Å². The molecule has 0 atom stereocenters. The lowest BCUT2D eigenvalue weighted by Crippen LogP contribution is -2.10. The molecule has 0 aliphatic carbocycles. The molecule has 0 spiro atoms. The van der Waals surface area contributed by atoms with Crippen LogP contribution >= 0.6 is 0 Å². The van der Waals surface area contributed by atoms with E-state index in [1.54, 1.807) is 24.3 Å². The third-order valence-corrected chi connectivity index (χ3v) is 2.74. The Kier molecular flexibility index (Phi) is 4.99. The van der Waals surface area contributed by atoms with Gasteiger partial charge in [0, 0.05) is 5.56 Å². The first-order chi connectivity index (χ1) is 9.83. The fraction of sp³-hybridized carbons (Fsp3) is 0.188. The van der Waals surface area contributed by atoms with Gasteiger partial charge in [-0.3, -0.25) is 0 Å². The Bertz CT molecular complexity index is 587. The predicted molar refractivity (Wildman–Crippen MR) is 74.5 cm³/mol. The number of aliphatic hydroxyl groups is 1. The monoisotopic (exact) mass is 269 g/mol. The van der Waals surface area contributed by atoms with Crippen LogP contribution in [-0.4, -0.2) is 18.3 Å². The van der Waals surface area contributed by atoms with Crippen molar-refractivity contribution in [3.05, 3.63) is 59.7 Å². The second kappa shape index (κ2) is 7.17. The maximum Gasteiger partial charge on any atom is 0.124 e. The lowest BCUT2D eigenvalue weighted by molar-refractivity contribution is 0.210. The van der Waals surface area contributed by atoms with E-state index in [1.165, 1.54) is 0 Å².